The molecule has 1 aliphatic heterocycles. The standard InChI is InChI=1S/C21H22N2O8/c1-13(14-4-6-17-19(8-14)30-12-29-17)23-31-11-21(25)28-10-20(24)22-15-5-7-16(26-2)18(9-15)27-3/h4-9H,10-12H2,1-3H3,(H,22,24). The number of esters is 1. The van der Waals surface area contributed by atoms with E-state index in [1.165, 1.54) is 14.2 Å². The summed E-state index contributed by atoms with van der Waals surface area (Å²) >= 11 is 0. The molecule has 31 heavy (non-hydrogen) atoms. The first-order valence-electron chi connectivity index (χ1n) is 9.24. The molecular weight excluding hydrogens is 408 g/mol. The van der Waals surface area contributed by atoms with Crippen molar-refractivity contribution in [1.29, 1.82) is 0 Å². The maximum atomic E-state index is 12.0. The first kappa shape index (κ1) is 21.8. The van der Waals surface area contributed by atoms with Gasteiger partial charge in [0, 0.05) is 17.3 Å². The Bertz CT molecular complexity index is 989. The molecule has 2 aromatic carbocycles. The lowest BCUT2D eigenvalue weighted by Crippen LogP contribution is -2.22. The average molecular weight is 430 g/mol. The number of fused-ring (bicyclic) bond motifs is 1. The number of methoxy groups -OCH3 is 2. The number of benzene rings is 2. The number of nitrogens with one attached hydrogen (secondary N) is 1. The quantitative estimate of drug-likeness (QED) is 0.366. The van der Waals surface area contributed by atoms with Crippen LogP contribution < -0.4 is 24.3 Å². The Morgan fingerprint density at radius 2 is 1.77 bits per heavy atom. The molecule has 10 nitrogen and oxygen atoms in total. The van der Waals surface area contributed by atoms with Gasteiger partial charge in [0.2, 0.25) is 13.4 Å². The molecule has 0 aliphatic carbocycles. The molecule has 0 radical (unpaired) electrons. The fourth-order valence-corrected chi connectivity index (χ4v) is 2.65. The van der Waals surface area contributed by atoms with Crippen LogP contribution in [-0.4, -0.2) is 51.8 Å². The van der Waals surface area contributed by atoms with E-state index in [-0.39, 0.29) is 6.79 Å². The van der Waals surface area contributed by atoms with Crippen LogP contribution in [0.15, 0.2) is 41.6 Å². The van der Waals surface area contributed by atoms with Crippen LogP contribution in [0.25, 0.3) is 0 Å². The van der Waals surface area contributed by atoms with Crippen molar-refractivity contribution >= 4 is 23.3 Å². The summed E-state index contributed by atoms with van der Waals surface area (Å²) in [5.41, 5.74) is 1.77. The number of rotatable bonds is 9. The van der Waals surface area contributed by atoms with Gasteiger partial charge in [-0.25, -0.2) is 4.79 Å². The zero-order valence-electron chi connectivity index (χ0n) is 17.3. The van der Waals surface area contributed by atoms with E-state index in [4.69, 9.17) is 28.5 Å². The van der Waals surface area contributed by atoms with E-state index < -0.39 is 25.1 Å². The monoisotopic (exact) mass is 430 g/mol. The van der Waals surface area contributed by atoms with Crippen LogP contribution in [0.5, 0.6) is 23.0 Å². The van der Waals surface area contributed by atoms with E-state index >= 15 is 0 Å². The summed E-state index contributed by atoms with van der Waals surface area (Å²) in [4.78, 5) is 28.8. The lowest BCUT2D eigenvalue weighted by Gasteiger charge is -2.10. The smallest absolute Gasteiger partial charge is 0.347 e. The third kappa shape index (κ3) is 5.78. The topological polar surface area (TPSA) is 114 Å². The molecular formula is C21H22N2O8. The van der Waals surface area contributed by atoms with Crippen molar-refractivity contribution in [2.45, 2.75) is 6.92 Å². The number of oxime groups is 1. The predicted octanol–water partition coefficient (Wildman–Crippen LogP) is 2.36. The molecule has 1 amide bonds. The minimum atomic E-state index is -0.732. The molecule has 2 aromatic rings. The predicted molar refractivity (Wildman–Crippen MR) is 110 cm³/mol. The highest BCUT2D eigenvalue weighted by atomic mass is 16.7. The fourth-order valence-electron chi connectivity index (χ4n) is 2.65. The zero-order valence-corrected chi connectivity index (χ0v) is 17.3. The summed E-state index contributed by atoms with van der Waals surface area (Å²) in [5, 5.41) is 6.48. The first-order valence-corrected chi connectivity index (χ1v) is 9.24. The number of hydrogen-bond acceptors (Lipinski definition) is 9. The lowest BCUT2D eigenvalue weighted by molar-refractivity contribution is -0.151. The molecule has 0 atom stereocenters. The fraction of sp³-hybridized carbons (Fsp3) is 0.286. The number of anilines is 1. The van der Waals surface area contributed by atoms with Crippen molar-refractivity contribution in [3.05, 3.63) is 42.0 Å². The van der Waals surface area contributed by atoms with Crippen LogP contribution in [0.4, 0.5) is 5.69 Å². The Balaban J connectivity index is 1.42. The minimum Gasteiger partial charge on any atom is -0.493 e. The van der Waals surface area contributed by atoms with Crippen molar-refractivity contribution < 1.29 is 38.1 Å². The number of ether oxygens (including phenoxy) is 5. The summed E-state index contributed by atoms with van der Waals surface area (Å²) < 4.78 is 25.8. The number of amides is 1. The van der Waals surface area contributed by atoms with Crippen LogP contribution in [-0.2, 0) is 19.2 Å². The van der Waals surface area contributed by atoms with Crippen LogP contribution in [0.2, 0.25) is 0 Å². The molecule has 0 aromatic heterocycles. The van der Waals surface area contributed by atoms with Gasteiger partial charge < -0.3 is 33.8 Å². The second-order valence-electron chi connectivity index (χ2n) is 6.30. The molecule has 0 saturated heterocycles. The molecule has 0 fully saturated rings. The summed E-state index contributed by atoms with van der Waals surface area (Å²) in [7, 11) is 3.00. The van der Waals surface area contributed by atoms with Gasteiger partial charge in [0.1, 0.15) is 0 Å². The highest BCUT2D eigenvalue weighted by molar-refractivity contribution is 5.99. The maximum Gasteiger partial charge on any atom is 0.347 e. The second kappa shape index (κ2) is 10.2. The van der Waals surface area contributed by atoms with Gasteiger partial charge in [-0.15, -0.1) is 0 Å². The highest BCUT2D eigenvalue weighted by Gasteiger charge is 2.15. The molecule has 0 bridgehead atoms. The largest absolute Gasteiger partial charge is 0.493 e. The minimum absolute atomic E-state index is 0.177. The van der Waals surface area contributed by atoms with Gasteiger partial charge in [-0.1, -0.05) is 5.16 Å². The summed E-state index contributed by atoms with van der Waals surface area (Å²) in [6.45, 7) is 0.989. The van der Waals surface area contributed by atoms with Crippen molar-refractivity contribution in [1.82, 2.24) is 0 Å². The molecule has 0 spiro atoms. The summed E-state index contributed by atoms with van der Waals surface area (Å²) in [6, 6.07) is 10.2. The van der Waals surface area contributed by atoms with Crippen LogP contribution in [0.1, 0.15) is 12.5 Å². The van der Waals surface area contributed by atoms with Gasteiger partial charge in [0.15, 0.2) is 29.6 Å². The van der Waals surface area contributed by atoms with Gasteiger partial charge in [-0.3, -0.25) is 4.79 Å². The van der Waals surface area contributed by atoms with E-state index in [1.54, 1.807) is 43.3 Å². The van der Waals surface area contributed by atoms with Crippen LogP contribution in [0, 0.1) is 0 Å². The van der Waals surface area contributed by atoms with Crippen LogP contribution >= 0.6 is 0 Å². The molecule has 10 heteroatoms. The molecule has 1 N–H and O–H groups in total. The highest BCUT2D eigenvalue weighted by Crippen LogP contribution is 2.32. The van der Waals surface area contributed by atoms with E-state index in [1.807, 2.05) is 0 Å². The summed E-state index contributed by atoms with van der Waals surface area (Å²) in [6.07, 6.45) is 0. The van der Waals surface area contributed by atoms with Crippen LogP contribution in [0.3, 0.4) is 0 Å². The van der Waals surface area contributed by atoms with E-state index in [0.29, 0.717) is 34.4 Å². The SMILES string of the molecule is COc1ccc(NC(=O)COC(=O)CON=C(C)c2ccc3c(c2)OCO3)cc1OC. The lowest BCUT2D eigenvalue weighted by atomic mass is 10.1. The molecule has 0 saturated carbocycles. The van der Waals surface area contributed by atoms with Crippen molar-refractivity contribution in [2.75, 3.05) is 39.5 Å². The first-order chi connectivity index (χ1) is 15.0. The van der Waals surface area contributed by atoms with Gasteiger partial charge in [0.25, 0.3) is 5.91 Å². The summed E-state index contributed by atoms with van der Waals surface area (Å²) in [5.74, 6) is 1.02. The Labute approximate surface area is 178 Å². The Morgan fingerprint density at radius 3 is 2.55 bits per heavy atom. The second-order valence-corrected chi connectivity index (χ2v) is 6.30. The van der Waals surface area contributed by atoms with E-state index in [0.717, 1.165) is 5.56 Å². The van der Waals surface area contributed by atoms with Gasteiger partial charge in [-0.05, 0) is 37.3 Å². The normalized spacial score (nSPS) is 12.2. The maximum absolute atomic E-state index is 12.0. The van der Waals surface area contributed by atoms with E-state index in [2.05, 4.69) is 10.5 Å². The number of hydrogen-bond donors (Lipinski definition) is 1. The third-order valence-electron chi connectivity index (χ3n) is 4.21. The molecule has 3 rings (SSSR count). The Morgan fingerprint density at radius 1 is 1.00 bits per heavy atom. The van der Waals surface area contributed by atoms with Gasteiger partial charge in [-0.2, -0.15) is 0 Å². The number of carbonyl (C=O) groups is 2. The zero-order chi connectivity index (χ0) is 22.2. The molecule has 0 unspecified atom stereocenters. The molecule has 164 valence electrons. The third-order valence-corrected chi connectivity index (χ3v) is 4.21. The molecule has 1 heterocycles. The van der Waals surface area contributed by atoms with Crippen molar-refractivity contribution in [3.63, 3.8) is 0 Å². The van der Waals surface area contributed by atoms with Crippen molar-refractivity contribution in [2.24, 2.45) is 5.16 Å². The average Bonchev–Trinajstić information content (AvgIpc) is 3.25. The van der Waals surface area contributed by atoms with Crippen molar-refractivity contribution in [3.8, 4) is 23.0 Å². The van der Waals surface area contributed by atoms with Gasteiger partial charge >= 0.3 is 5.97 Å². The van der Waals surface area contributed by atoms with Gasteiger partial charge in [0.05, 0.1) is 19.9 Å². The van der Waals surface area contributed by atoms with E-state index in [9.17, 15) is 9.59 Å². The number of nitrogens with zero attached hydrogens (tertiary/aromatic N) is 1. The Kier molecular flexibility index (Phi) is 7.15. The molecule has 1 aliphatic rings. The number of carbonyl (C=O) groups excluding carboxylic acids is 2. The Hall–Kier alpha value is -3.95.